The van der Waals surface area contributed by atoms with E-state index in [1.807, 2.05) is 150 Å². The first-order valence-corrected chi connectivity index (χ1v) is 26.8. The number of hydrogen-bond acceptors (Lipinski definition) is 10. The molecule has 0 spiro atoms. The largest absolute Gasteiger partial charge is 0.432 e. The summed E-state index contributed by atoms with van der Waals surface area (Å²) in [7, 11) is 0. The van der Waals surface area contributed by atoms with Gasteiger partial charge in [0.1, 0.15) is 0 Å². The van der Waals surface area contributed by atoms with Crippen LogP contribution in [0.25, 0.3) is 62.2 Å². The van der Waals surface area contributed by atoms with Gasteiger partial charge in [-0.05, 0) is 78.9 Å². The Hall–Kier alpha value is -6.44. The van der Waals surface area contributed by atoms with Gasteiger partial charge in [0.25, 0.3) is 0 Å². The molecule has 0 fully saturated rings. The van der Waals surface area contributed by atoms with Crippen molar-refractivity contribution in [2.45, 2.75) is 75.2 Å². The number of hydrogen-bond donors (Lipinski definition) is 0. The molecule has 1 aromatic carbocycles. The number of para-hydroxylation sites is 1. The summed E-state index contributed by atoms with van der Waals surface area (Å²) >= 11 is 0. The number of aryl methyl sites for hydroxylation is 3. The second kappa shape index (κ2) is 34.8. The smallest absolute Gasteiger partial charge is 0.0563 e. The molecule has 12 heterocycles. The molecule has 13 rings (SSSR count). The third kappa shape index (κ3) is 19.5. The van der Waals surface area contributed by atoms with Gasteiger partial charge in [-0.2, -0.15) is 0 Å². The third-order valence-electron chi connectivity index (χ3n) is 13.0. The maximum absolute atomic E-state index is 4.38. The Morgan fingerprint density at radius 1 is 0.477 bits per heavy atom. The monoisotopic (exact) mass is 2040 g/mol. The van der Waals surface area contributed by atoms with E-state index in [1.54, 1.807) is 40.2 Å². The summed E-state index contributed by atoms with van der Waals surface area (Å²) in [6.07, 6.45) is 29.9. The van der Waals surface area contributed by atoms with Crippen molar-refractivity contribution in [2.24, 2.45) is 17.3 Å². The van der Waals surface area contributed by atoms with E-state index in [4.69, 9.17) is 0 Å². The second-order valence-corrected chi connectivity index (χ2v) is 20.9. The topological polar surface area (TPSA) is 154 Å². The molecule has 0 amide bonds. The van der Waals surface area contributed by atoms with Crippen molar-refractivity contribution in [1.82, 2.24) is 72.9 Å². The fourth-order valence-corrected chi connectivity index (χ4v) is 8.51. The van der Waals surface area contributed by atoms with E-state index in [2.05, 4.69) is 165 Å². The summed E-state index contributed by atoms with van der Waals surface area (Å²) in [5, 5.41) is 5.41. The van der Waals surface area contributed by atoms with Gasteiger partial charge in [-0.25, -0.2) is 5.10 Å². The summed E-state index contributed by atoms with van der Waals surface area (Å²) in [4.78, 5) is 38.2. The molecule has 0 aliphatic carbocycles. The van der Waals surface area contributed by atoms with Gasteiger partial charge in [-0.1, -0.05) is 192 Å². The summed E-state index contributed by atoms with van der Waals surface area (Å²) in [5.41, 5.74) is 10.0. The summed E-state index contributed by atoms with van der Waals surface area (Å²) in [5.74, 6) is 6.32. The molecule has 0 aliphatic rings. The van der Waals surface area contributed by atoms with Crippen molar-refractivity contribution < 1.29 is 102 Å². The van der Waals surface area contributed by atoms with E-state index in [1.165, 1.54) is 27.8 Å². The van der Waals surface area contributed by atoms with Crippen LogP contribution in [0.15, 0.2) is 189 Å². The maximum atomic E-state index is 4.38. The minimum atomic E-state index is 0. The van der Waals surface area contributed by atoms with Gasteiger partial charge in [-0.15, -0.1) is 35.2 Å². The van der Waals surface area contributed by atoms with Crippen LogP contribution >= 0.6 is 0 Å². The number of rotatable bonds is 9. The van der Waals surface area contributed by atoms with Crippen LogP contribution in [0.1, 0.15) is 69.8 Å². The average molecular weight is 2030 g/mol. The predicted octanol–water partition coefficient (Wildman–Crippen LogP) is 13.1. The van der Waals surface area contributed by atoms with Gasteiger partial charge < -0.3 is 42.9 Å². The Bertz CT molecular complexity index is 3960. The summed E-state index contributed by atoms with van der Waals surface area (Å²) in [6.45, 7) is 19.6. The number of fused-ring (bicyclic) bond motifs is 3. The Balaban J connectivity index is 0.000000227. The third-order valence-corrected chi connectivity index (χ3v) is 13.0. The SMILES string of the molecule is Cc1c[c-]n(-c2ccccn2)c1CC(C)(C)C.Cc1ccnc(-n2[c-]cc3ncccc32)c1.Cc1n[c-]n(-c2cc(CC(C)C(C)C)ccn2)n1.[Ir].[Ir].[Ir].[Pt].[Pt].[c-]1cc2ccccc2n1-c1ccccn1.[c-]1nc2cccnc2n1-c1ccccn1. The Kier molecular flexibility index (Phi) is 29.1. The van der Waals surface area contributed by atoms with Gasteiger partial charge in [0.2, 0.25) is 0 Å². The van der Waals surface area contributed by atoms with Gasteiger partial charge in [0.05, 0.1) is 29.1 Å². The Labute approximate surface area is 573 Å². The van der Waals surface area contributed by atoms with E-state index in [0.29, 0.717) is 17.7 Å². The fraction of sp³-hybridized carbons (Fsp3) is 0.212. The molecule has 1 unspecified atom stereocenters. The fourth-order valence-electron chi connectivity index (χ4n) is 8.51. The molecule has 12 aromatic heterocycles. The zero-order valence-corrected chi connectivity index (χ0v) is 60.5. The molecule has 20 heteroatoms. The second-order valence-electron chi connectivity index (χ2n) is 20.9. The van der Waals surface area contributed by atoms with Crippen molar-refractivity contribution in [3.8, 4) is 29.1 Å². The van der Waals surface area contributed by atoms with E-state index >= 15 is 0 Å². The van der Waals surface area contributed by atoms with Crippen LogP contribution in [0.2, 0.25) is 0 Å². The Morgan fingerprint density at radius 2 is 1.03 bits per heavy atom. The summed E-state index contributed by atoms with van der Waals surface area (Å²) in [6, 6.07) is 47.4. The standard InChI is InChI=1S/C15H19N2.C14H19N4.C13H10N3.C13H9N2.C11H7N4.3Ir.2Pt/c1-12-8-10-17(13(12)11-15(2,3)4)14-7-5-6-9-16-14;1-10(2)11(3)7-13-5-6-15-14(8-13)18-9-16-12(4)17-18;1-10-4-7-15-13(9-10)16-8-5-11-12(16)3-2-6-14-11;1-2-6-12-11(5-1)8-10-15(12)13-7-3-4-9-14-13;1-2-6-12-10(5-1)15-8-14-9-4-3-7-13-11(9)15;;;;;/h5-9H,11H2,1-4H3;5-6,8,10-11H,7H2,1-4H3;2-7,9H,1H3;1-9H;1-7H;;;;;/q5*-1;;;;;. The van der Waals surface area contributed by atoms with Crippen LogP contribution in [0.3, 0.4) is 0 Å². The zero-order valence-electron chi connectivity index (χ0n) is 48.8. The number of aromatic nitrogens is 15. The van der Waals surface area contributed by atoms with Gasteiger partial charge in [-0.3, -0.25) is 24.9 Å². The van der Waals surface area contributed by atoms with Crippen molar-refractivity contribution >= 4 is 33.1 Å². The minimum Gasteiger partial charge on any atom is -0.432 e. The van der Waals surface area contributed by atoms with Gasteiger partial charge in [0, 0.05) is 170 Å². The number of benzene rings is 1. The summed E-state index contributed by atoms with van der Waals surface area (Å²) < 4.78 is 9.31. The molecule has 13 aromatic rings. The number of nitrogens with zero attached hydrogens (tertiary/aromatic N) is 15. The first-order chi connectivity index (χ1) is 39.3. The van der Waals surface area contributed by atoms with Crippen molar-refractivity contribution in [2.75, 3.05) is 0 Å². The molecule has 455 valence electrons. The number of imidazole rings is 1. The van der Waals surface area contributed by atoms with Crippen LogP contribution in [-0.2, 0) is 115 Å². The van der Waals surface area contributed by atoms with E-state index < -0.39 is 0 Å². The molecule has 0 saturated heterocycles. The Morgan fingerprint density at radius 3 is 1.67 bits per heavy atom. The van der Waals surface area contributed by atoms with E-state index in [9.17, 15) is 0 Å². The minimum absolute atomic E-state index is 0. The molecule has 0 bridgehead atoms. The van der Waals surface area contributed by atoms with Gasteiger partial charge in [0.15, 0.2) is 0 Å². The molecule has 1 atom stereocenters. The molecule has 0 N–H and O–H groups in total. The quantitative estimate of drug-likeness (QED) is 0.128. The average Bonchev–Trinajstić information content (AvgIpc) is 4.38. The molecule has 0 saturated carbocycles. The molecular formula is C66H64Ir3N15Pt2-5. The first kappa shape index (κ1) is 72.0. The van der Waals surface area contributed by atoms with Crippen LogP contribution in [0.5, 0.6) is 0 Å². The van der Waals surface area contributed by atoms with Crippen LogP contribution in [0.4, 0.5) is 0 Å². The van der Waals surface area contributed by atoms with Gasteiger partial charge >= 0.3 is 0 Å². The zero-order chi connectivity index (χ0) is 56.7. The van der Waals surface area contributed by atoms with Crippen LogP contribution < -0.4 is 0 Å². The maximum Gasteiger partial charge on any atom is 0.0563 e. The van der Waals surface area contributed by atoms with E-state index in [0.717, 1.165) is 69.6 Å². The van der Waals surface area contributed by atoms with Crippen molar-refractivity contribution in [1.29, 1.82) is 0 Å². The molecule has 0 aliphatic heterocycles. The predicted molar refractivity (Wildman–Crippen MR) is 319 cm³/mol. The normalized spacial score (nSPS) is 10.8. The molecule has 86 heavy (non-hydrogen) atoms. The van der Waals surface area contributed by atoms with Crippen LogP contribution in [0, 0.1) is 69.3 Å². The first-order valence-electron chi connectivity index (χ1n) is 26.8. The van der Waals surface area contributed by atoms with Crippen molar-refractivity contribution in [3.63, 3.8) is 0 Å². The van der Waals surface area contributed by atoms with Crippen LogP contribution in [-0.4, -0.2) is 72.9 Å². The number of pyridine rings is 7. The van der Waals surface area contributed by atoms with Crippen molar-refractivity contribution in [3.05, 3.63) is 248 Å². The van der Waals surface area contributed by atoms with E-state index in [-0.39, 0.29) is 108 Å². The molecule has 15 nitrogen and oxygen atoms in total. The molecule has 3 radical (unpaired) electrons. The molecular weight excluding hydrogens is 1970 g/mol.